The second-order valence-corrected chi connectivity index (χ2v) is 71.2. The van der Waals surface area contributed by atoms with E-state index in [4.69, 9.17) is 0 Å². The van der Waals surface area contributed by atoms with E-state index in [1.54, 1.807) is 0 Å². The maximum Gasteiger partial charge on any atom is 0.231 e. The molecule has 10 heteroatoms. The minimum absolute atomic E-state index is 0.454. The van der Waals surface area contributed by atoms with Gasteiger partial charge in [0.1, 0.15) is 0 Å². The van der Waals surface area contributed by atoms with Crippen molar-refractivity contribution in [3.63, 3.8) is 0 Å². The van der Waals surface area contributed by atoms with Crippen molar-refractivity contribution in [2.24, 2.45) is 23.7 Å². The largest absolute Gasteiger partial charge is 0.231 e. The molecule has 0 unspecified atom stereocenters. The minimum atomic E-state index is -1.63. The number of rotatable bonds is 8. The zero-order valence-corrected chi connectivity index (χ0v) is 33.7. The molecule has 0 amide bonds. The van der Waals surface area contributed by atoms with Gasteiger partial charge in [-0.3, -0.25) is 0 Å². The topological polar surface area (TPSA) is 0 Å². The van der Waals surface area contributed by atoms with Gasteiger partial charge in [0.2, 0.25) is 22.1 Å². The van der Waals surface area contributed by atoms with E-state index in [0.29, 0.717) is 20.2 Å². The van der Waals surface area contributed by atoms with Crippen molar-refractivity contribution < 1.29 is 0 Å². The molecule has 0 nitrogen and oxygen atoms in total. The average Bonchev–Trinajstić information content (AvgIpc) is 2.57. The molecule has 0 N–H and O–H groups in total. The Morgan fingerprint density at radius 1 is 0.324 bits per heavy atom. The Balaban J connectivity index is 2.25. The second-order valence-electron chi connectivity index (χ2n) is 14.3. The Morgan fingerprint density at radius 3 is 0.529 bits per heavy atom. The fraction of sp³-hybridized carbons (Fsp3) is 1.00. The molecule has 6 rings (SSSR count). The van der Waals surface area contributed by atoms with Gasteiger partial charge in [-0.05, 0) is 43.8 Å². The van der Waals surface area contributed by atoms with Gasteiger partial charge in [0, 0.05) is 0 Å². The Kier molecular flexibility index (Phi) is 8.56. The van der Waals surface area contributed by atoms with Crippen LogP contribution < -0.4 is 0 Å². The minimum Gasteiger partial charge on any atom is -0.163 e. The molecule has 200 valence electrons. The van der Waals surface area contributed by atoms with Crippen LogP contribution in [-0.4, -0.2) is 22.1 Å². The van der Waals surface area contributed by atoms with E-state index in [2.05, 4.69) is 175 Å². The van der Waals surface area contributed by atoms with E-state index >= 15 is 0 Å². The predicted octanol–water partition coefficient (Wildman–Crippen LogP) is 11.9. The lowest BCUT2D eigenvalue weighted by Gasteiger charge is -2.75. The summed E-state index contributed by atoms with van der Waals surface area (Å²) in [7, 11) is 16.3. The van der Waals surface area contributed by atoms with Crippen LogP contribution in [-0.2, 0) is 0 Å². The van der Waals surface area contributed by atoms with Crippen LogP contribution in [0.5, 0.6) is 0 Å². The summed E-state index contributed by atoms with van der Waals surface area (Å²) in [5.41, 5.74) is -6.53. The first-order valence-electron chi connectivity index (χ1n) is 13.2. The summed E-state index contributed by atoms with van der Waals surface area (Å²) in [6.07, 6.45) is 0. The Bertz CT molecular complexity index is 667. The molecular formula is C24H52S6Si4. The van der Waals surface area contributed by atoms with Crippen molar-refractivity contribution in [1.82, 2.24) is 0 Å². The molecule has 0 saturated carbocycles. The Labute approximate surface area is 238 Å². The third kappa shape index (κ3) is 4.12. The average molecular weight is 645 g/mol. The standard InChI is InChI=1S/C24H52S6Si4/c1-17(2)21(9,10)31-25-32(26-31,22(11,12)18(3)4)30-34(24(15,16)20(7)8)27-33(28-34,29-31)23(13,14)19(5)6/h17-20H,1-16H3. The van der Waals surface area contributed by atoms with Crippen LogP contribution in [0.3, 0.4) is 0 Å². The lowest BCUT2D eigenvalue weighted by Crippen LogP contribution is -2.73. The quantitative estimate of drug-likeness (QED) is 0.239. The molecule has 0 aliphatic carbocycles. The lowest BCUT2D eigenvalue weighted by atomic mass is 9.99. The summed E-state index contributed by atoms with van der Waals surface area (Å²) in [6.45, 7) is 41.6. The van der Waals surface area contributed by atoms with Crippen molar-refractivity contribution in [3.8, 4) is 0 Å². The first-order chi connectivity index (χ1) is 15.0. The molecule has 6 saturated heterocycles. The molecule has 0 aromatic carbocycles. The Morgan fingerprint density at radius 2 is 0.441 bits per heavy atom. The van der Waals surface area contributed by atoms with Crippen LogP contribution in [0.25, 0.3) is 0 Å². The van der Waals surface area contributed by atoms with Gasteiger partial charge in [-0.2, -0.15) is 64.0 Å². The van der Waals surface area contributed by atoms with Gasteiger partial charge in [-0.1, -0.05) is 111 Å². The SMILES string of the molecule is CC(C)C(C)(C)[Si]12S[Si](C(C)(C)C(C)C)(S1)S[Si]1(C(C)(C)C(C)C)S[Si](C(C)(C)C(C)C)(S1)S2. The van der Waals surface area contributed by atoms with Gasteiger partial charge < -0.3 is 0 Å². The predicted molar refractivity (Wildman–Crippen MR) is 184 cm³/mol. The summed E-state index contributed by atoms with van der Waals surface area (Å²) in [5, 5.41) is 1.82. The molecule has 6 aliphatic heterocycles. The van der Waals surface area contributed by atoms with Gasteiger partial charge in [-0.15, -0.1) is 0 Å². The van der Waals surface area contributed by atoms with Crippen molar-refractivity contribution >= 4 is 86.1 Å². The van der Waals surface area contributed by atoms with Gasteiger partial charge in [0.05, 0.1) is 0 Å². The molecule has 0 atom stereocenters. The highest BCUT2D eigenvalue weighted by Gasteiger charge is 2.85. The molecule has 4 bridgehead atoms. The van der Waals surface area contributed by atoms with E-state index in [9.17, 15) is 0 Å². The van der Waals surface area contributed by atoms with E-state index in [0.717, 1.165) is 23.7 Å². The summed E-state index contributed by atoms with van der Waals surface area (Å²) < 4.78 is 0. The van der Waals surface area contributed by atoms with Crippen molar-refractivity contribution in [3.05, 3.63) is 0 Å². The van der Waals surface area contributed by atoms with Gasteiger partial charge in [-0.25, -0.2) is 0 Å². The molecule has 6 heterocycles. The molecule has 0 aromatic heterocycles. The van der Waals surface area contributed by atoms with Crippen LogP contribution in [0.2, 0.25) is 20.2 Å². The fourth-order valence-electron chi connectivity index (χ4n) is 4.24. The third-order valence-electron chi connectivity index (χ3n) is 10.5. The van der Waals surface area contributed by atoms with E-state index < -0.39 is 22.1 Å². The normalized spacial score (nSPS) is 37.1. The van der Waals surface area contributed by atoms with Crippen LogP contribution >= 0.6 is 64.0 Å². The number of hydrogen-bond acceptors (Lipinski definition) is 6. The molecular weight excluding hydrogens is 593 g/mol. The molecule has 6 fully saturated rings. The van der Waals surface area contributed by atoms with Crippen molar-refractivity contribution in [1.29, 1.82) is 0 Å². The van der Waals surface area contributed by atoms with Gasteiger partial charge in [0.15, 0.2) is 0 Å². The molecule has 34 heavy (non-hydrogen) atoms. The highest BCUT2D eigenvalue weighted by Crippen LogP contribution is 2.94. The van der Waals surface area contributed by atoms with Crippen LogP contribution in [0.4, 0.5) is 0 Å². The third-order valence-corrected chi connectivity index (χ3v) is 134. The molecule has 0 aromatic rings. The van der Waals surface area contributed by atoms with Crippen molar-refractivity contribution in [2.45, 2.75) is 131 Å². The smallest absolute Gasteiger partial charge is 0.163 e. The van der Waals surface area contributed by atoms with E-state index in [1.165, 1.54) is 0 Å². The van der Waals surface area contributed by atoms with Crippen LogP contribution in [0, 0.1) is 23.7 Å². The van der Waals surface area contributed by atoms with Crippen LogP contribution in [0.15, 0.2) is 0 Å². The molecule has 0 spiro atoms. The summed E-state index contributed by atoms with van der Waals surface area (Å²) in [4.78, 5) is 0. The monoisotopic (exact) mass is 644 g/mol. The summed E-state index contributed by atoms with van der Waals surface area (Å²) >= 11 is 0. The van der Waals surface area contributed by atoms with E-state index in [-0.39, 0.29) is 0 Å². The zero-order valence-electron chi connectivity index (χ0n) is 24.8. The first-order valence-corrected chi connectivity index (χ1v) is 34.8. The first kappa shape index (κ1) is 31.5. The molecule has 0 radical (unpaired) electrons. The van der Waals surface area contributed by atoms with Gasteiger partial charge in [0.25, 0.3) is 0 Å². The maximum absolute atomic E-state index is 2.71. The highest BCUT2D eigenvalue weighted by atomic mass is 33.2. The summed E-state index contributed by atoms with van der Waals surface area (Å²) in [5.74, 6) is 3.01. The lowest BCUT2D eigenvalue weighted by molar-refractivity contribution is 0.469. The second kappa shape index (κ2) is 9.25. The highest BCUT2D eigenvalue weighted by molar-refractivity contribution is 9.35. The summed E-state index contributed by atoms with van der Waals surface area (Å²) in [6, 6.07) is 0. The van der Waals surface area contributed by atoms with E-state index in [1.807, 2.05) is 0 Å². The fourth-order valence-corrected chi connectivity index (χ4v) is 230. The van der Waals surface area contributed by atoms with Crippen molar-refractivity contribution in [2.75, 3.05) is 0 Å². The van der Waals surface area contributed by atoms with Gasteiger partial charge >= 0.3 is 0 Å². The van der Waals surface area contributed by atoms with Crippen LogP contribution in [0.1, 0.15) is 111 Å². The maximum atomic E-state index is 2.71. The Hall–Kier alpha value is 2.97. The zero-order chi connectivity index (χ0) is 26.6. The number of hydrogen-bond donors (Lipinski definition) is 0. The molecule has 6 aliphatic rings.